The molecule has 6 atom stereocenters. The molecule has 3 rings (SSSR count). The highest BCUT2D eigenvalue weighted by Crippen LogP contribution is 2.43. The van der Waals surface area contributed by atoms with Crippen molar-refractivity contribution in [1.29, 1.82) is 0 Å². The molecular formula is C11H17IO5. The first-order chi connectivity index (χ1) is 8.05. The van der Waals surface area contributed by atoms with Gasteiger partial charge in [-0.3, -0.25) is 0 Å². The van der Waals surface area contributed by atoms with Gasteiger partial charge in [-0.05, 0) is 13.8 Å². The highest BCUT2D eigenvalue weighted by molar-refractivity contribution is 14.1. The predicted octanol–water partition coefficient (Wildman–Crippen LogP) is 1.08. The summed E-state index contributed by atoms with van der Waals surface area (Å²) in [5.74, 6) is -0.574. The van der Waals surface area contributed by atoms with Gasteiger partial charge in [0.15, 0.2) is 12.1 Å². The van der Waals surface area contributed by atoms with Crippen LogP contribution in [0, 0.1) is 0 Å². The van der Waals surface area contributed by atoms with Crippen molar-refractivity contribution in [1.82, 2.24) is 0 Å². The van der Waals surface area contributed by atoms with Crippen LogP contribution in [0.4, 0.5) is 0 Å². The lowest BCUT2D eigenvalue weighted by molar-refractivity contribution is -0.214. The number of alkyl halides is 1. The van der Waals surface area contributed by atoms with Gasteiger partial charge in [0, 0.05) is 11.5 Å². The van der Waals surface area contributed by atoms with Gasteiger partial charge < -0.3 is 23.7 Å². The number of halogens is 1. The Morgan fingerprint density at radius 1 is 1.12 bits per heavy atom. The van der Waals surface area contributed by atoms with Crippen molar-refractivity contribution in [3.05, 3.63) is 0 Å². The number of hydrogen-bond donors (Lipinski definition) is 0. The SMILES string of the molecule is CO[C@H]1[C@H]2O[C@@H]([C@@H]3OC(C)(C)O[C@@H]31)[C@H](CI)O2. The lowest BCUT2D eigenvalue weighted by atomic mass is 9.98. The summed E-state index contributed by atoms with van der Waals surface area (Å²) in [6.07, 6.45) is -0.740. The third-order valence-corrected chi connectivity index (χ3v) is 4.34. The molecule has 0 saturated carbocycles. The van der Waals surface area contributed by atoms with Crippen LogP contribution in [0.5, 0.6) is 0 Å². The Hall–Kier alpha value is 0.530. The minimum Gasteiger partial charge on any atom is -0.373 e. The number of fused-ring (bicyclic) bond motifs is 4. The number of methoxy groups -OCH3 is 1. The van der Waals surface area contributed by atoms with Crippen LogP contribution in [-0.4, -0.2) is 54.1 Å². The van der Waals surface area contributed by atoms with E-state index in [2.05, 4.69) is 22.6 Å². The molecule has 0 aromatic heterocycles. The van der Waals surface area contributed by atoms with E-state index in [-0.39, 0.29) is 36.8 Å². The summed E-state index contributed by atoms with van der Waals surface area (Å²) in [7, 11) is 1.65. The second kappa shape index (κ2) is 4.28. The minimum absolute atomic E-state index is 0.0462. The second-order valence-corrected chi connectivity index (χ2v) is 5.94. The molecule has 0 aliphatic carbocycles. The van der Waals surface area contributed by atoms with E-state index in [1.54, 1.807) is 7.11 Å². The van der Waals surface area contributed by atoms with Crippen molar-refractivity contribution >= 4 is 22.6 Å². The van der Waals surface area contributed by atoms with Crippen molar-refractivity contribution in [2.24, 2.45) is 0 Å². The summed E-state index contributed by atoms with van der Waals surface area (Å²) < 4.78 is 29.9. The quantitative estimate of drug-likeness (QED) is 0.548. The summed E-state index contributed by atoms with van der Waals surface area (Å²) in [4.78, 5) is 0. The molecule has 6 heteroatoms. The highest BCUT2D eigenvalue weighted by atomic mass is 127. The molecule has 5 nitrogen and oxygen atoms in total. The number of hydrogen-bond acceptors (Lipinski definition) is 5. The molecule has 17 heavy (non-hydrogen) atoms. The van der Waals surface area contributed by atoms with Gasteiger partial charge in [-0.1, -0.05) is 22.6 Å². The standard InChI is InChI=1S/C11H17IO5/c1-11(2)16-7-6-5(4-12)14-10(15-6)9(13-3)8(7)17-11/h5-10H,4H2,1-3H3/t5-,6+,7-,8-,9+,10+/m0/s1. The first-order valence-electron chi connectivity index (χ1n) is 5.81. The zero-order valence-corrected chi connectivity index (χ0v) is 12.2. The zero-order chi connectivity index (χ0) is 12.2. The van der Waals surface area contributed by atoms with Crippen LogP contribution in [-0.2, 0) is 23.7 Å². The largest absolute Gasteiger partial charge is 0.373 e. The molecular weight excluding hydrogens is 339 g/mol. The lowest BCUT2D eigenvalue weighted by Crippen LogP contribution is -2.53. The molecule has 0 spiro atoms. The van der Waals surface area contributed by atoms with Gasteiger partial charge >= 0.3 is 0 Å². The van der Waals surface area contributed by atoms with E-state index in [1.807, 2.05) is 13.8 Å². The van der Waals surface area contributed by atoms with Crippen LogP contribution in [0.25, 0.3) is 0 Å². The van der Waals surface area contributed by atoms with Crippen LogP contribution >= 0.6 is 22.6 Å². The topological polar surface area (TPSA) is 46.2 Å². The molecule has 3 fully saturated rings. The molecule has 0 radical (unpaired) electrons. The van der Waals surface area contributed by atoms with Gasteiger partial charge in [-0.25, -0.2) is 0 Å². The highest BCUT2D eigenvalue weighted by Gasteiger charge is 2.61. The van der Waals surface area contributed by atoms with Gasteiger partial charge in [-0.2, -0.15) is 0 Å². The maximum Gasteiger partial charge on any atom is 0.187 e. The summed E-state index contributed by atoms with van der Waals surface area (Å²) >= 11 is 2.31. The molecule has 3 saturated heterocycles. The first kappa shape index (κ1) is 12.6. The van der Waals surface area contributed by atoms with E-state index >= 15 is 0 Å². The molecule has 0 unspecified atom stereocenters. The predicted molar refractivity (Wildman–Crippen MR) is 67.0 cm³/mol. The van der Waals surface area contributed by atoms with Crippen molar-refractivity contribution in [2.75, 3.05) is 11.5 Å². The van der Waals surface area contributed by atoms with Crippen molar-refractivity contribution < 1.29 is 23.7 Å². The monoisotopic (exact) mass is 356 g/mol. The van der Waals surface area contributed by atoms with Crippen molar-refractivity contribution in [2.45, 2.75) is 56.4 Å². The molecule has 3 aliphatic rings. The smallest absolute Gasteiger partial charge is 0.187 e. The van der Waals surface area contributed by atoms with E-state index < -0.39 is 5.79 Å². The van der Waals surface area contributed by atoms with Gasteiger partial charge in [0.25, 0.3) is 0 Å². The molecule has 2 bridgehead atoms. The minimum atomic E-state index is -0.574. The van der Waals surface area contributed by atoms with Crippen LogP contribution in [0.2, 0.25) is 0 Å². The summed E-state index contributed by atoms with van der Waals surface area (Å²) in [6.45, 7) is 3.84. The lowest BCUT2D eigenvalue weighted by Gasteiger charge is -2.34. The van der Waals surface area contributed by atoms with E-state index in [0.717, 1.165) is 4.43 Å². The molecule has 3 aliphatic heterocycles. The zero-order valence-electron chi connectivity index (χ0n) is 10.1. The first-order valence-corrected chi connectivity index (χ1v) is 7.33. The Labute approximate surface area is 114 Å². The van der Waals surface area contributed by atoms with E-state index in [0.29, 0.717) is 0 Å². The Kier molecular flexibility index (Phi) is 3.16. The van der Waals surface area contributed by atoms with Gasteiger partial charge in [0.2, 0.25) is 0 Å². The maximum absolute atomic E-state index is 5.94. The fourth-order valence-corrected chi connectivity index (χ4v) is 3.53. The Morgan fingerprint density at radius 2 is 1.82 bits per heavy atom. The van der Waals surface area contributed by atoms with E-state index in [1.165, 1.54) is 0 Å². The summed E-state index contributed by atoms with van der Waals surface area (Å²) in [5.41, 5.74) is 0. The summed E-state index contributed by atoms with van der Waals surface area (Å²) in [6, 6.07) is 0. The van der Waals surface area contributed by atoms with E-state index in [4.69, 9.17) is 23.7 Å². The molecule has 0 aromatic rings. The molecule has 0 amide bonds. The van der Waals surface area contributed by atoms with Gasteiger partial charge in [0.1, 0.15) is 24.4 Å². The molecule has 0 aromatic carbocycles. The fraction of sp³-hybridized carbons (Fsp3) is 1.00. The van der Waals surface area contributed by atoms with Gasteiger partial charge in [0.05, 0.1) is 6.10 Å². The Bertz CT molecular complexity index is 310. The van der Waals surface area contributed by atoms with Crippen LogP contribution in [0.3, 0.4) is 0 Å². The molecule has 0 N–H and O–H groups in total. The van der Waals surface area contributed by atoms with Crippen molar-refractivity contribution in [3.63, 3.8) is 0 Å². The molecule has 3 heterocycles. The van der Waals surface area contributed by atoms with Crippen LogP contribution in [0.15, 0.2) is 0 Å². The number of ether oxygens (including phenoxy) is 5. The average Bonchev–Trinajstić information content (AvgIpc) is 2.79. The normalized spacial score (nSPS) is 51.5. The van der Waals surface area contributed by atoms with Crippen LogP contribution in [0.1, 0.15) is 13.8 Å². The van der Waals surface area contributed by atoms with Gasteiger partial charge in [-0.15, -0.1) is 0 Å². The summed E-state index contributed by atoms with van der Waals surface area (Å²) in [5, 5.41) is 0. The maximum atomic E-state index is 5.94. The third kappa shape index (κ3) is 1.93. The van der Waals surface area contributed by atoms with Crippen molar-refractivity contribution in [3.8, 4) is 0 Å². The Balaban J connectivity index is 1.89. The second-order valence-electron chi connectivity index (χ2n) is 5.06. The number of rotatable bonds is 2. The van der Waals surface area contributed by atoms with E-state index in [9.17, 15) is 0 Å². The van der Waals surface area contributed by atoms with Crippen LogP contribution < -0.4 is 0 Å². The average molecular weight is 356 g/mol. The fourth-order valence-electron chi connectivity index (χ4n) is 2.82. The molecule has 98 valence electrons. The Morgan fingerprint density at radius 3 is 2.47 bits per heavy atom. The third-order valence-electron chi connectivity index (χ3n) is 3.47.